The molecule has 0 unspecified atom stereocenters. The smallest absolute Gasteiger partial charge is 0.271 e. The van der Waals surface area contributed by atoms with E-state index in [0.717, 1.165) is 12.8 Å². The van der Waals surface area contributed by atoms with Crippen LogP contribution in [0.1, 0.15) is 42.6 Å². The van der Waals surface area contributed by atoms with Gasteiger partial charge in [0.15, 0.2) is 5.60 Å². The zero-order chi connectivity index (χ0) is 20.1. The Labute approximate surface area is 167 Å². The highest BCUT2D eigenvalue weighted by Gasteiger charge is 2.41. The molecule has 1 N–H and O–H groups in total. The molecular weight excluding hydrogens is 383 g/mol. The summed E-state index contributed by atoms with van der Waals surface area (Å²) in [5, 5.41) is 3.16. The van der Waals surface area contributed by atoms with Crippen molar-refractivity contribution in [2.45, 2.75) is 44.9 Å². The number of ether oxygens (including phenoxy) is 1. The molecule has 0 bridgehead atoms. The van der Waals surface area contributed by atoms with Crippen LogP contribution in [0.3, 0.4) is 0 Å². The van der Waals surface area contributed by atoms with E-state index in [9.17, 15) is 14.0 Å². The van der Waals surface area contributed by atoms with E-state index in [4.69, 9.17) is 16.3 Å². The number of hydrogen-bond donors (Lipinski definition) is 1. The molecule has 0 atom stereocenters. The Morgan fingerprint density at radius 2 is 2.07 bits per heavy atom. The number of benzene rings is 2. The minimum absolute atomic E-state index is 0.0577. The number of nitrogens with one attached hydrogen (secondary N) is 1. The fraction of sp³-hybridized carbons (Fsp3) is 0.333. The van der Waals surface area contributed by atoms with Crippen LogP contribution in [0.15, 0.2) is 36.4 Å². The van der Waals surface area contributed by atoms with E-state index in [-0.39, 0.29) is 35.0 Å². The lowest BCUT2D eigenvalue weighted by atomic mass is 10.0. The van der Waals surface area contributed by atoms with Gasteiger partial charge in [-0.05, 0) is 57.0 Å². The van der Waals surface area contributed by atoms with Gasteiger partial charge in [0.2, 0.25) is 0 Å². The van der Waals surface area contributed by atoms with Crippen LogP contribution in [-0.4, -0.2) is 23.5 Å². The molecule has 0 spiro atoms. The second kappa shape index (κ2) is 6.78. The Hall–Kier alpha value is -2.60. The molecule has 4 rings (SSSR count). The van der Waals surface area contributed by atoms with E-state index in [2.05, 4.69) is 5.32 Å². The van der Waals surface area contributed by atoms with Crippen LogP contribution in [-0.2, 0) is 11.3 Å². The second-order valence-corrected chi connectivity index (χ2v) is 8.04. The number of fused-ring (bicyclic) bond motifs is 1. The zero-order valence-electron chi connectivity index (χ0n) is 15.6. The zero-order valence-corrected chi connectivity index (χ0v) is 16.3. The normalized spacial score (nSPS) is 17.7. The molecule has 0 radical (unpaired) electrons. The van der Waals surface area contributed by atoms with Crippen LogP contribution < -0.4 is 15.0 Å². The molecule has 2 aromatic rings. The number of carbonyl (C=O) groups is 2. The molecule has 1 aliphatic heterocycles. The summed E-state index contributed by atoms with van der Waals surface area (Å²) in [5.41, 5.74) is -0.0600. The molecule has 1 fully saturated rings. The van der Waals surface area contributed by atoms with Crippen molar-refractivity contribution in [2.24, 2.45) is 0 Å². The summed E-state index contributed by atoms with van der Waals surface area (Å²) >= 11 is 6.17. The Morgan fingerprint density at radius 1 is 1.32 bits per heavy atom. The maximum absolute atomic E-state index is 14.3. The molecule has 0 saturated heterocycles. The summed E-state index contributed by atoms with van der Waals surface area (Å²) < 4.78 is 20.2. The van der Waals surface area contributed by atoms with Crippen LogP contribution in [0.2, 0.25) is 5.02 Å². The maximum Gasteiger partial charge on any atom is 0.271 e. The van der Waals surface area contributed by atoms with Crippen LogP contribution in [0, 0.1) is 5.82 Å². The van der Waals surface area contributed by atoms with Crippen molar-refractivity contribution in [3.63, 3.8) is 0 Å². The van der Waals surface area contributed by atoms with Crippen molar-refractivity contribution in [3.8, 4) is 5.75 Å². The highest BCUT2D eigenvalue weighted by Crippen LogP contribution is 2.40. The van der Waals surface area contributed by atoms with E-state index >= 15 is 0 Å². The second-order valence-electron chi connectivity index (χ2n) is 7.63. The third-order valence-electron chi connectivity index (χ3n) is 4.93. The predicted octanol–water partition coefficient (Wildman–Crippen LogP) is 4.08. The van der Waals surface area contributed by atoms with Crippen molar-refractivity contribution < 1.29 is 18.7 Å². The maximum atomic E-state index is 14.3. The first kappa shape index (κ1) is 18.7. The van der Waals surface area contributed by atoms with Crippen LogP contribution in [0.25, 0.3) is 0 Å². The van der Waals surface area contributed by atoms with Gasteiger partial charge in [-0.15, -0.1) is 0 Å². The van der Waals surface area contributed by atoms with Crippen molar-refractivity contribution in [3.05, 3.63) is 58.4 Å². The topological polar surface area (TPSA) is 58.6 Å². The minimum Gasteiger partial charge on any atom is -0.476 e. The molecular formula is C21H20ClFN2O3. The summed E-state index contributed by atoms with van der Waals surface area (Å²) in [7, 11) is 0. The molecule has 146 valence electrons. The van der Waals surface area contributed by atoms with Gasteiger partial charge in [0.05, 0.1) is 12.2 Å². The van der Waals surface area contributed by atoms with Gasteiger partial charge in [0, 0.05) is 22.2 Å². The third-order valence-corrected chi connectivity index (χ3v) is 5.28. The molecule has 1 saturated carbocycles. The largest absolute Gasteiger partial charge is 0.476 e. The minimum atomic E-state index is -1.12. The van der Waals surface area contributed by atoms with Crippen molar-refractivity contribution in [2.75, 3.05) is 4.90 Å². The monoisotopic (exact) mass is 402 g/mol. The quantitative estimate of drug-likeness (QED) is 0.838. The Kier molecular flexibility index (Phi) is 4.54. The number of anilines is 1. The summed E-state index contributed by atoms with van der Waals surface area (Å²) in [6, 6.07) is 9.55. The standard InChI is InChI=1S/C21H20ClFN2O3/c1-21(2)20(27)25(11-14-15(22)4-3-5-16(14)23)17-10-12(6-9-18(17)28-21)19(26)24-13-7-8-13/h3-6,9-10,13H,7-8,11H2,1-2H3,(H,24,26). The van der Waals surface area contributed by atoms with Gasteiger partial charge in [-0.3, -0.25) is 9.59 Å². The number of amides is 2. The average molecular weight is 403 g/mol. The first-order valence-electron chi connectivity index (χ1n) is 9.15. The predicted molar refractivity (Wildman–Crippen MR) is 104 cm³/mol. The van der Waals surface area contributed by atoms with Gasteiger partial charge in [-0.25, -0.2) is 4.39 Å². The molecule has 1 aliphatic carbocycles. The van der Waals surface area contributed by atoms with Gasteiger partial charge in [-0.2, -0.15) is 0 Å². The average Bonchev–Trinajstić information content (AvgIpc) is 3.44. The molecule has 0 aromatic heterocycles. The van der Waals surface area contributed by atoms with Crippen LogP contribution in [0.4, 0.5) is 10.1 Å². The molecule has 2 amide bonds. The van der Waals surface area contributed by atoms with Gasteiger partial charge in [-0.1, -0.05) is 17.7 Å². The third kappa shape index (κ3) is 3.44. The highest BCUT2D eigenvalue weighted by atomic mass is 35.5. The lowest BCUT2D eigenvalue weighted by Gasteiger charge is -2.39. The van der Waals surface area contributed by atoms with E-state index in [1.807, 2.05) is 0 Å². The summed E-state index contributed by atoms with van der Waals surface area (Å²) in [4.78, 5) is 26.9. The van der Waals surface area contributed by atoms with E-state index in [1.54, 1.807) is 38.1 Å². The summed E-state index contributed by atoms with van der Waals surface area (Å²) in [6.45, 7) is 3.25. The number of halogens is 2. The molecule has 1 heterocycles. The SMILES string of the molecule is CC1(C)Oc2ccc(C(=O)NC3CC3)cc2N(Cc2c(F)cccc2Cl)C1=O. The van der Waals surface area contributed by atoms with Gasteiger partial charge < -0.3 is 15.0 Å². The van der Waals surface area contributed by atoms with E-state index in [0.29, 0.717) is 17.0 Å². The fourth-order valence-corrected chi connectivity index (χ4v) is 3.43. The van der Waals surface area contributed by atoms with Crippen molar-refractivity contribution >= 4 is 29.1 Å². The number of hydrogen-bond acceptors (Lipinski definition) is 3. The molecule has 5 nitrogen and oxygen atoms in total. The lowest BCUT2D eigenvalue weighted by Crippen LogP contribution is -2.52. The fourth-order valence-electron chi connectivity index (χ4n) is 3.20. The number of nitrogens with zero attached hydrogens (tertiary/aromatic N) is 1. The van der Waals surface area contributed by atoms with Crippen LogP contribution in [0.5, 0.6) is 5.75 Å². The summed E-state index contributed by atoms with van der Waals surface area (Å²) in [5.74, 6) is -0.570. The number of rotatable bonds is 4. The lowest BCUT2D eigenvalue weighted by molar-refractivity contribution is -0.132. The Bertz CT molecular complexity index is 952. The Balaban J connectivity index is 1.74. The molecule has 2 aliphatic rings. The van der Waals surface area contributed by atoms with Gasteiger partial charge in [0.1, 0.15) is 11.6 Å². The first-order valence-corrected chi connectivity index (χ1v) is 9.53. The van der Waals surface area contributed by atoms with Crippen LogP contribution >= 0.6 is 11.6 Å². The molecule has 7 heteroatoms. The van der Waals surface area contributed by atoms with Gasteiger partial charge >= 0.3 is 0 Å². The highest BCUT2D eigenvalue weighted by molar-refractivity contribution is 6.31. The molecule has 2 aromatic carbocycles. The Morgan fingerprint density at radius 3 is 2.75 bits per heavy atom. The first-order chi connectivity index (χ1) is 13.3. The van der Waals surface area contributed by atoms with E-state index in [1.165, 1.54) is 17.0 Å². The van der Waals surface area contributed by atoms with Gasteiger partial charge in [0.25, 0.3) is 11.8 Å². The summed E-state index contributed by atoms with van der Waals surface area (Å²) in [6.07, 6.45) is 1.95. The van der Waals surface area contributed by atoms with E-state index < -0.39 is 11.4 Å². The molecule has 28 heavy (non-hydrogen) atoms. The number of carbonyl (C=O) groups excluding carboxylic acids is 2. The van der Waals surface area contributed by atoms with Crippen molar-refractivity contribution in [1.29, 1.82) is 0 Å². The van der Waals surface area contributed by atoms with Crippen molar-refractivity contribution in [1.82, 2.24) is 5.32 Å².